The Morgan fingerprint density at radius 1 is 1.37 bits per heavy atom. The average molecular weight is 390 g/mol. The number of methoxy groups -OCH3 is 1. The molecule has 1 heterocycles. The molecule has 19 heavy (non-hydrogen) atoms. The van der Waals surface area contributed by atoms with Gasteiger partial charge in [0, 0.05) is 5.56 Å². The fourth-order valence-electron chi connectivity index (χ4n) is 1.88. The van der Waals surface area contributed by atoms with Crippen molar-refractivity contribution in [3.8, 4) is 5.75 Å². The van der Waals surface area contributed by atoms with Crippen LogP contribution in [0.15, 0.2) is 44.1 Å². The predicted octanol–water partition coefficient (Wildman–Crippen LogP) is 3.56. The standard InChI is InChI=1S/C13H14Br2N2O2/c1-18-12-3-2-8(6-10(12)14)7-11(17-16)9-4-5-19-13(9)15/h2-6,11,17H,7,16H2,1H3. The summed E-state index contributed by atoms with van der Waals surface area (Å²) in [5, 5.41) is 0. The monoisotopic (exact) mass is 388 g/mol. The van der Waals surface area contributed by atoms with Gasteiger partial charge in [-0.15, -0.1) is 0 Å². The molecule has 0 amide bonds. The van der Waals surface area contributed by atoms with Gasteiger partial charge in [0.05, 0.1) is 23.9 Å². The minimum Gasteiger partial charge on any atom is -0.496 e. The van der Waals surface area contributed by atoms with E-state index in [9.17, 15) is 0 Å². The molecule has 0 saturated carbocycles. The first-order valence-corrected chi connectivity index (χ1v) is 7.25. The number of halogens is 2. The van der Waals surface area contributed by atoms with Crippen molar-refractivity contribution in [3.05, 3.63) is 50.8 Å². The number of ether oxygens (including phenoxy) is 1. The Balaban J connectivity index is 2.19. The van der Waals surface area contributed by atoms with Gasteiger partial charge in [0.25, 0.3) is 0 Å². The van der Waals surface area contributed by atoms with Gasteiger partial charge in [-0.1, -0.05) is 6.07 Å². The van der Waals surface area contributed by atoms with Crippen molar-refractivity contribution >= 4 is 31.9 Å². The number of furan rings is 1. The third-order valence-electron chi connectivity index (χ3n) is 2.88. The minimum absolute atomic E-state index is 0.0200. The number of nitrogens with one attached hydrogen (secondary N) is 1. The molecule has 3 N–H and O–H groups in total. The molecular formula is C13H14Br2N2O2. The van der Waals surface area contributed by atoms with Crippen molar-refractivity contribution in [3.63, 3.8) is 0 Å². The van der Waals surface area contributed by atoms with Gasteiger partial charge in [0.2, 0.25) is 0 Å². The SMILES string of the molecule is COc1ccc(CC(NN)c2ccoc2Br)cc1Br. The molecule has 0 bridgehead atoms. The van der Waals surface area contributed by atoms with Crippen LogP contribution >= 0.6 is 31.9 Å². The maximum atomic E-state index is 5.63. The number of hydrogen-bond donors (Lipinski definition) is 2. The molecule has 2 aromatic rings. The van der Waals surface area contributed by atoms with Gasteiger partial charge in [0.15, 0.2) is 4.67 Å². The third kappa shape index (κ3) is 3.39. The zero-order valence-corrected chi connectivity index (χ0v) is 13.5. The molecule has 6 heteroatoms. The van der Waals surface area contributed by atoms with Crippen molar-refractivity contribution in [2.24, 2.45) is 5.84 Å². The second kappa shape index (κ2) is 6.56. The van der Waals surface area contributed by atoms with Crippen molar-refractivity contribution in [1.82, 2.24) is 5.43 Å². The highest BCUT2D eigenvalue weighted by atomic mass is 79.9. The number of benzene rings is 1. The number of hydrogen-bond acceptors (Lipinski definition) is 4. The Bertz CT molecular complexity index is 557. The lowest BCUT2D eigenvalue weighted by molar-refractivity contribution is 0.412. The first-order chi connectivity index (χ1) is 9.15. The summed E-state index contributed by atoms with van der Waals surface area (Å²) in [6, 6.07) is 7.84. The third-order valence-corrected chi connectivity index (χ3v) is 4.14. The molecule has 0 saturated heterocycles. The molecule has 0 aliphatic carbocycles. The summed E-state index contributed by atoms with van der Waals surface area (Å²) in [7, 11) is 1.65. The van der Waals surface area contributed by atoms with Gasteiger partial charge in [0.1, 0.15) is 5.75 Å². The summed E-state index contributed by atoms with van der Waals surface area (Å²) in [5.74, 6) is 6.44. The fourth-order valence-corrected chi connectivity index (χ4v) is 2.99. The van der Waals surface area contributed by atoms with E-state index in [1.165, 1.54) is 0 Å². The Hall–Kier alpha value is -0.820. The maximum absolute atomic E-state index is 5.63. The first-order valence-electron chi connectivity index (χ1n) is 5.67. The van der Waals surface area contributed by atoms with Crippen LogP contribution < -0.4 is 16.0 Å². The molecule has 2 rings (SSSR count). The Morgan fingerprint density at radius 3 is 2.68 bits per heavy atom. The molecule has 0 fully saturated rings. The minimum atomic E-state index is -0.0200. The summed E-state index contributed by atoms with van der Waals surface area (Å²) in [5.41, 5.74) is 4.94. The Kier molecular flexibility index (Phi) is 5.04. The molecule has 0 aliphatic heterocycles. The Morgan fingerprint density at radius 2 is 2.16 bits per heavy atom. The smallest absolute Gasteiger partial charge is 0.173 e. The zero-order chi connectivity index (χ0) is 13.8. The Labute approximate surface area is 128 Å². The van der Waals surface area contributed by atoms with E-state index < -0.39 is 0 Å². The van der Waals surface area contributed by atoms with Gasteiger partial charge < -0.3 is 9.15 Å². The molecule has 1 unspecified atom stereocenters. The first kappa shape index (κ1) is 14.6. The van der Waals surface area contributed by atoms with Crippen LogP contribution in [-0.4, -0.2) is 7.11 Å². The van der Waals surface area contributed by atoms with Crippen LogP contribution in [0.25, 0.3) is 0 Å². The summed E-state index contributed by atoms with van der Waals surface area (Å²) < 4.78 is 12.1. The van der Waals surface area contributed by atoms with Gasteiger partial charge in [-0.05, 0) is 62.0 Å². The van der Waals surface area contributed by atoms with Crippen molar-refractivity contribution in [1.29, 1.82) is 0 Å². The van der Waals surface area contributed by atoms with Crippen LogP contribution in [0, 0.1) is 0 Å². The van der Waals surface area contributed by atoms with Crippen molar-refractivity contribution < 1.29 is 9.15 Å². The normalized spacial score (nSPS) is 12.4. The van der Waals surface area contributed by atoms with Crippen LogP contribution in [0.2, 0.25) is 0 Å². The van der Waals surface area contributed by atoms with E-state index in [2.05, 4.69) is 37.3 Å². The quantitative estimate of drug-likeness (QED) is 0.606. The van der Waals surface area contributed by atoms with E-state index in [1.807, 2.05) is 24.3 Å². The lowest BCUT2D eigenvalue weighted by atomic mass is 10.0. The molecule has 0 aliphatic rings. The number of nitrogens with two attached hydrogens (primary N) is 1. The second-order valence-corrected chi connectivity index (χ2v) is 5.62. The van der Waals surface area contributed by atoms with Crippen molar-refractivity contribution in [2.45, 2.75) is 12.5 Å². The van der Waals surface area contributed by atoms with Crippen LogP contribution in [0.4, 0.5) is 0 Å². The van der Waals surface area contributed by atoms with Crippen LogP contribution in [-0.2, 0) is 6.42 Å². The highest BCUT2D eigenvalue weighted by Crippen LogP contribution is 2.30. The second-order valence-electron chi connectivity index (χ2n) is 4.04. The van der Waals surface area contributed by atoms with E-state index in [0.29, 0.717) is 4.67 Å². The highest BCUT2D eigenvalue weighted by Gasteiger charge is 2.16. The van der Waals surface area contributed by atoms with Crippen LogP contribution in [0.1, 0.15) is 17.2 Å². The predicted molar refractivity (Wildman–Crippen MR) is 80.9 cm³/mol. The highest BCUT2D eigenvalue weighted by molar-refractivity contribution is 9.10. The summed E-state index contributed by atoms with van der Waals surface area (Å²) in [6.45, 7) is 0. The van der Waals surface area contributed by atoms with E-state index in [1.54, 1.807) is 13.4 Å². The van der Waals surface area contributed by atoms with E-state index in [0.717, 1.165) is 27.8 Å². The van der Waals surface area contributed by atoms with E-state index in [-0.39, 0.29) is 6.04 Å². The summed E-state index contributed by atoms with van der Waals surface area (Å²) in [4.78, 5) is 0. The molecular weight excluding hydrogens is 376 g/mol. The fraction of sp³-hybridized carbons (Fsp3) is 0.231. The maximum Gasteiger partial charge on any atom is 0.173 e. The van der Waals surface area contributed by atoms with Gasteiger partial charge in [-0.2, -0.15) is 0 Å². The summed E-state index contributed by atoms with van der Waals surface area (Å²) in [6.07, 6.45) is 2.38. The van der Waals surface area contributed by atoms with Gasteiger partial charge in [-0.25, -0.2) is 0 Å². The molecule has 1 aromatic heterocycles. The zero-order valence-electron chi connectivity index (χ0n) is 10.3. The van der Waals surface area contributed by atoms with E-state index >= 15 is 0 Å². The molecule has 102 valence electrons. The lowest BCUT2D eigenvalue weighted by Crippen LogP contribution is -2.29. The molecule has 1 aromatic carbocycles. The lowest BCUT2D eigenvalue weighted by Gasteiger charge is -2.15. The van der Waals surface area contributed by atoms with E-state index in [4.69, 9.17) is 15.0 Å². The molecule has 0 radical (unpaired) electrons. The van der Waals surface area contributed by atoms with Crippen LogP contribution in [0.5, 0.6) is 5.75 Å². The van der Waals surface area contributed by atoms with Crippen molar-refractivity contribution in [2.75, 3.05) is 7.11 Å². The number of rotatable bonds is 5. The topological polar surface area (TPSA) is 60.4 Å². The molecule has 4 nitrogen and oxygen atoms in total. The summed E-state index contributed by atoms with van der Waals surface area (Å²) >= 11 is 6.84. The van der Waals surface area contributed by atoms with Gasteiger partial charge in [-0.3, -0.25) is 11.3 Å². The van der Waals surface area contributed by atoms with Crippen LogP contribution in [0.3, 0.4) is 0 Å². The average Bonchev–Trinajstić information content (AvgIpc) is 2.82. The molecule has 0 spiro atoms. The number of hydrazine groups is 1. The largest absolute Gasteiger partial charge is 0.496 e. The van der Waals surface area contributed by atoms with Gasteiger partial charge >= 0.3 is 0 Å². The molecule has 1 atom stereocenters.